The summed E-state index contributed by atoms with van der Waals surface area (Å²) in [6, 6.07) is 5.13. The molecule has 1 fully saturated rings. The quantitative estimate of drug-likeness (QED) is 0.815. The van der Waals surface area contributed by atoms with Crippen LogP contribution < -0.4 is 10.2 Å². The summed E-state index contributed by atoms with van der Waals surface area (Å²) < 4.78 is 5.20. The van der Waals surface area contributed by atoms with Gasteiger partial charge in [0.15, 0.2) is 0 Å². The zero-order valence-electron chi connectivity index (χ0n) is 13.1. The molecule has 4 nitrogen and oxygen atoms in total. The molecule has 21 heavy (non-hydrogen) atoms. The molecule has 1 N–H and O–H groups in total. The fourth-order valence-corrected chi connectivity index (χ4v) is 2.72. The molecule has 1 saturated carbocycles. The van der Waals surface area contributed by atoms with Crippen LogP contribution in [-0.4, -0.2) is 37.8 Å². The molecule has 0 amide bonds. The maximum Gasteiger partial charge on any atom is 0.129 e. The number of pyridine rings is 1. The monoisotopic (exact) mass is 287 g/mol. The van der Waals surface area contributed by atoms with Crippen LogP contribution in [0.1, 0.15) is 30.5 Å². The van der Waals surface area contributed by atoms with Crippen LogP contribution in [0.15, 0.2) is 23.8 Å². The fraction of sp³-hybridized carbons (Fsp3) is 0.588. The predicted molar refractivity (Wildman–Crippen MR) is 85.6 cm³/mol. The van der Waals surface area contributed by atoms with Gasteiger partial charge in [0.25, 0.3) is 0 Å². The van der Waals surface area contributed by atoms with Crippen LogP contribution in [-0.2, 0) is 11.3 Å². The van der Waals surface area contributed by atoms with Crippen LogP contribution in [0, 0.1) is 6.92 Å². The average Bonchev–Trinajstić information content (AvgIpc) is 3.31. The highest BCUT2D eigenvalue weighted by molar-refractivity contribution is 5.44. The van der Waals surface area contributed by atoms with Gasteiger partial charge in [-0.2, -0.15) is 0 Å². The van der Waals surface area contributed by atoms with E-state index in [4.69, 9.17) is 9.72 Å². The number of nitrogens with one attached hydrogen (secondary N) is 1. The van der Waals surface area contributed by atoms with Crippen LogP contribution in [0.25, 0.3) is 0 Å². The normalized spacial score (nSPS) is 18.8. The molecule has 0 aromatic carbocycles. The van der Waals surface area contributed by atoms with Crippen molar-refractivity contribution in [3.63, 3.8) is 0 Å². The van der Waals surface area contributed by atoms with Crippen molar-refractivity contribution in [1.29, 1.82) is 0 Å². The first-order valence-corrected chi connectivity index (χ1v) is 7.88. The van der Waals surface area contributed by atoms with Crippen molar-refractivity contribution in [2.45, 2.75) is 38.8 Å². The van der Waals surface area contributed by atoms with E-state index in [0.717, 1.165) is 50.2 Å². The minimum atomic E-state index is 0.746. The van der Waals surface area contributed by atoms with Gasteiger partial charge in [-0.15, -0.1) is 0 Å². The molecule has 3 rings (SSSR count). The number of rotatable bonds is 6. The Morgan fingerprint density at radius 3 is 2.86 bits per heavy atom. The molecule has 114 valence electrons. The molecular formula is C17H25N3O. The summed E-state index contributed by atoms with van der Waals surface area (Å²) >= 11 is 0. The Morgan fingerprint density at radius 1 is 1.38 bits per heavy atom. The number of ether oxygens (including phenoxy) is 1. The molecule has 2 aliphatic rings. The fourth-order valence-electron chi connectivity index (χ4n) is 2.72. The highest BCUT2D eigenvalue weighted by Crippen LogP contribution is 2.22. The van der Waals surface area contributed by atoms with E-state index in [0.29, 0.717) is 0 Å². The van der Waals surface area contributed by atoms with E-state index in [2.05, 4.69) is 35.3 Å². The molecule has 2 heterocycles. The van der Waals surface area contributed by atoms with Crippen molar-refractivity contribution in [1.82, 2.24) is 10.3 Å². The second-order valence-corrected chi connectivity index (χ2v) is 6.06. The van der Waals surface area contributed by atoms with Gasteiger partial charge in [0.1, 0.15) is 5.82 Å². The first kappa shape index (κ1) is 14.5. The van der Waals surface area contributed by atoms with Gasteiger partial charge in [-0.3, -0.25) is 0 Å². The summed E-state index contributed by atoms with van der Waals surface area (Å²) in [4.78, 5) is 7.13. The Bertz CT molecular complexity index is 523. The molecule has 0 unspecified atom stereocenters. The Labute approximate surface area is 127 Å². The van der Waals surface area contributed by atoms with Gasteiger partial charge in [-0.05, 0) is 43.4 Å². The molecule has 0 radical (unpaired) electrons. The SMILES string of the molecule is COCC1=CCN(c2ccc(CNC3CC3)c(C)n2)CC1. The lowest BCUT2D eigenvalue weighted by Crippen LogP contribution is -2.30. The van der Waals surface area contributed by atoms with Crippen LogP contribution in [0.3, 0.4) is 0 Å². The Kier molecular flexibility index (Phi) is 4.56. The van der Waals surface area contributed by atoms with E-state index >= 15 is 0 Å². The second-order valence-electron chi connectivity index (χ2n) is 6.06. The van der Waals surface area contributed by atoms with Gasteiger partial charge in [0, 0.05) is 38.5 Å². The number of nitrogens with zero attached hydrogens (tertiary/aromatic N) is 2. The molecule has 1 aromatic heterocycles. The summed E-state index contributed by atoms with van der Waals surface area (Å²) in [5, 5.41) is 3.56. The first-order valence-electron chi connectivity index (χ1n) is 7.88. The van der Waals surface area contributed by atoms with Crippen molar-refractivity contribution < 1.29 is 4.74 Å². The number of aryl methyl sites for hydroxylation is 1. The summed E-state index contributed by atoms with van der Waals surface area (Å²) in [5.74, 6) is 1.09. The predicted octanol–water partition coefficient (Wildman–Crippen LogP) is 2.42. The molecule has 1 aliphatic heterocycles. The van der Waals surface area contributed by atoms with Gasteiger partial charge in [0.2, 0.25) is 0 Å². The molecule has 4 heteroatoms. The number of anilines is 1. The van der Waals surface area contributed by atoms with Crippen molar-refractivity contribution in [2.75, 3.05) is 31.7 Å². The molecule has 0 spiro atoms. The summed E-state index contributed by atoms with van der Waals surface area (Å²) in [5.41, 5.74) is 3.86. The van der Waals surface area contributed by atoms with Crippen LogP contribution in [0.5, 0.6) is 0 Å². The zero-order chi connectivity index (χ0) is 14.7. The van der Waals surface area contributed by atoms with Crippen LogP contribution in [0.4, 0.5) is 5.82 Å². The average molecular weight is 287 g/mol. The van der Waals surface area contributed by atoms with E-state index in [-0.39, 0.29) is 0 Å². The minimum absolute atomic E-state index is 0.746. The maximum absolute atomic E-state index is 5.20. The standard InChI is InChI=1S/C17H25N3O/c1-13-15(11-18-16-4-5-16)3-6-17(19-13)20-9-7-14(8-10-20)12-21-2/h3,6-7,16,18H,4-5,8-12H2,1-2H3. The highest BCUT2D eigenvalue weighted by atomic mass is 16.5. The Morgan fingerprint density at radius 2 is 2.24 bits per heavy atom. The summed E-state index contributed by atoms with van der Waals surface area (Å²) in [7, 11) is 1.76. The third kappa shape index (κ3) is 3.83. The lowest BCUT2D eigenvalue weighted by atomic mass is 10.1. The molecular weight excluding hydrogens is 262 g/mol. The maximum atomic E-state index is 5.20. The molecule has 0 saturated heterocycles. The number of aromatic nitrogens is 1. The van der Waals surface area contributed by atoms with E-state index in [1.165, 1.54) is 24.0 Å². The van der Waals surface area contributed by atoms with Gasteiger partial charge in [-0.1, -0.05) is 12.1 Å². The van der Waals surface area contributed by atoms with E-state index in [9.17, 15) is 0 Å². The van der Waals surface area contributed by atoms with E-state index < -0.39 is 0 Å². The third-order valence-electron chi connectivity index (χ3n) is 4.30. The largest absolute Gasteiger partial charge is 0.380 e. The molecule has 0 bridgehead atoms. The Hall–Kier alpha value is -1.39. The number of hydrogen-bond acceptors (Lipinski definition) is 4. The highest BCUT2D eigenvalue weighted by Gasteiger charge is 2.20. The molecule has 0 atom stereocenters. The number of methoxy groups -OCH3 is 1. The van der Waals surface area contributed by atoms with Crippen LogP contribution in [0.2, 0.25) is 0 Å². The summed E-state index contributed by atoms with van der Waals surface area (Å²) in [6.45, 7) is 5.78. The smallest absolute Gasteiger partial charge is 0.129 e. The topological polar surface area (TPSA) is 37.4 Å². The molecule has 1 aromatic rings. The second kappa shape index (κ2) is 6.58. The molecule has 1 aliphatic carbocycles. The van der Waals surface area contributed by atoms with Crippen molar-refractivity contribution >= 4 is 5.82 Å². The van der Waals surface area contributed by atoms with E-state index in [1.54, 1.807) is 7.11 Å². The zero-order valence-corrected chi connectivity index (χ0v) is 13.1. The number of hydrogen-bond donors (Lipinski definition) is 1. The van der Waals surface area contributed by atoms with Gasteiger partial charge >= 0.3 is 0 Å². The lowest BCUT2D eigenvalue weighted by molar-refractivity contribution is 0.222. The van der Waals surface area contributed by atoms with Gasteiger partial charge in [-0.25, -0.2) is 4.98 Å². The summed E-state index contributed by atoms with van der Waals surface area (Å²) in [6.07, 6.45) is 6.00. The minimum Gasteiger partial charge on any atom is -0.380 e. The third-order valence-corrected chi connectivity index (χ3v) is 4.30. The van der Waals surface area contributed by atoms with Crippen molar-refractivity contribution in [3.05, 3.63) is 35.0 Å². The Balaban J connectivity index is 1.62. The van der Waals surface area contributed by atoms with Gasteiger partial charge in [0.05, 0.1) is 6.61 Å². The lowest BCUT2D eigenvalue weighted by Gasteiger charge is -2.27. The van der Waals surface area contributed by atoms with Gasteiger partial charge < -0.3 is 15.0 Å². The van der Waals surface area contributed by atoms with E-state index in [1.807, 2.05) is 0 Å². The van der Waals surface area contributed by atoms with Crippen molar-refractivity contribution in [2.24, 2.45) is 0 Å². The van der Waals surface area contributed by atoms with Crippen LogP contribution >= 0.6 is 0 Å². The van der Waals surface area contributed by atoms with Crippen molar-refractivity contribution in [3.8, 4) is 0 Å². The first-order chi connectivity index (χ1) is 10.3.